The van der Waals surface area contributed by atoms with E-state index in [-0.39, 0.29) is 29.8 Å². The predicted octanol–water partition coefficient (Wildman–Crippen LogP) is 3.64. The van der Waals surface area contributed by atoms with E-state index in [4.69, 9.17) is 0 Å². The monoisotopic (exact) mass is 315 g/mol. The number of hydrogen-bond donors (Lipinski definition) is 1. The first kappa shape index (κ1) is 16.5. The van der Waals surface area contributed by atoms with Crippen LogP contribution < -0.4 is 0 Å². The number of benzene rings is 1. The van der Waals surface area contributed by atoms with Crippen LogP contribution in [0.1, 0.15) is 52.1 Å². The number of rotatable bonds is 3. The number of amides is 1. The van der Waals surface area contributed by atoms with Crippen molar-refractivity contribution in [2.75, 3.05) is 0 Å². The molecule has 3 heteroatoms. The van der Waals surface area contributed by atoms with Gasteiger partial charge in [-0.05, 0) is 36.2 Å². The number of fused-ring (bicyclic) bond motifs is 1. The average Bonchev–Trinajstić information content (AvgIpc) is 2.93. The predicted molar refractivity (Wildman–Crippen MR) is 91.7 cm³/mol. The second-order valence-corrected chi connectivity index (χ2v) is 7.97. The van der Waals surface area contributed by atoms with E-state index in [2.05, 4.69) is 39.8 Å². The van der Waals surface area contributed by atoms with Crippen LogP contribution in [0, 0.1) is 23.7 Å². The van der Waals surface area contributed by atoms with Crippen molar-refractivity contribution in [3.05, 3.63) is 35.9 Å². The molecule has 0 radical (unpaired) electrons. The van der Waals surface area contributed by atoms with Gasteiger partial charge in [0.2, 0.25) is 5.91 Å². The minimum atomic E-state index is -0.393. The van der Waals surface area contributed by atoms with Crippen molar-refractivity contribution in [1.82, 2.24) is 4.90 Å². The van der Waals surface area contributed by atoms with Crippen LogP contribution in [0.2, 0.25) is 0 Å². The van der Waals surface area contributed by atoms with Gasteiger partial charge in [-0.1, -0.05) is 58.0 Å². The summed E-state index contributed by atoms with van der Waals surface area (Å²) in [5.74, 6) is 1.36. The molecule has 23 heavy (non-hydrogen) atoms. The maximum atomic E-state index is 13.2. The molecular formula is C20H29NO2. The lowest BCUT2D eigenvalue weighted by atomic mass is 9.82. The minimum absolute atomic E-state index is 0.0184. The summed E-state index contributed by atoms with van der Waals surface area (Å²) in [6, 6.07) is 10.4. The zero-order chi connectivity index (χ0) is 16.7. The van der Waals surface area contributed by atoms with Crippen LogP contribution in [-0.4, -0.2) is 28.1 Å². The summed E-state index contributed by atoms with van der Waals surface area (Å²) in [6.45, 7) is 8.64. The smallest absolute Gasteiger partial charge is 0.226 e. The molecule has 0 bridgehead atoms. The summed E-state index contributed by atoms with van der Waals surface area (Å²) in [7, 11) is 0. The van der Waals surface area contributed by atoms with Gasteiger partial charge in [-0.25, -0.2) is 0 Å². The van der Waals surface area contributed by atoms with Crippen molar-refractivity contribution >= 4 is 5.91 Å². The Morgan fingerprint density at radius 3 is 2.26 bits per heavy atom. The molecule has 0 spiro atoms. The standard InChI is InChI=1S/C20H29NO2/c1-12(2)15-10-17-18(22)11-16(13(3)4)20(23)21(17)19(15)14-8-6-5-7-9-14/h5-9,12-13,15-19,22H,10-11H2,1-4H3/t15-,16+,17-,18-,19-/m0/s1. The fourth-order valence-electron chi connectivity index (χ4n) is 4.54. The van der Waals surface area contributed by atoms with Crippen molar-refractivity contribution in [2.45, 2.75) is 58.7 Å². The molecule has 1 amide bonds. The van der Waals surface area contributed by atoms with Crippen molar-refractivity contribution in [2.24, 2.45) is 23.7 Å². The van der Waals surface area contributed by atoms with Gasteiger partial charge < -0.3 is 10.0 Å². The van der Waals surface area contributed by atoms with E-state index in [0.717, 1.165) is 6.42 Å². The summed E-state index contributed by atoms with van der Waals surface area (Å²) < 4.78 is 0. The Balaban J connectivity index is 2.02. The molecule has 1 N–H and O–H groups in total. The van der Waals surface area contributed by atoms with Crippen molar-refractivity contribution < 1.29 is 9.90 Å². The van der Waals surface area contributed by atoms with Gasteiger partial charge >= 0.3 is 0 Å². The van der Waals surface area contributed by atoms with Gasteiger partial charge in [-0.15, -0.1) is 0 Å². The third-order valence-electron chi connectivity index (χ3n) is 5.89. The number of carbonyl (C=O) groups excluding carboxylic acids is 1. The molecule has 2 saturated heterocycles. The molecule has 5 atom stereocenters. The third-order valence-corrected chi connectivity index (χ3v) is 5.89. The van der Waals surface area contributed by atoms with Gasteiger partial charge in [0, 0.05) is 5.92 Å². The van der Waals surface area contributed by atoms with E-state index in [1.807, 2.05) is 23.1 Å². The minimum Gasteiger partial charge on any atom is -0.391 e. The molecule has 3 nitrogen and oxygen atoms in total. The number of aliphatic hydroxyl groups excluding tert-OH is 1. The highest BCUT2D eigenvalue weighted by molar-refractivity contribution is 5.81. The maximum absolute atomic E-state index is 13.2. The van der Waals surface area contributed by atoms with Gasteiger partial charge in [-0.3, -0.25) is 4.79 Å². The Labute approximate surface area is 139 Å². The molecule has 2 fully saturated rings. The Morgan fingerprint density at radius 2 is 1.70 bits per heavy atom. The molecule has 3 rings (SSSR count). The molecule has 1 aromatic rings. The van der Waals surface area contributed by atoms with Crippen LogP contribution in [0.25, 0.3) is 0 Å². The molecule has 2 aliphatic rings. The normalized spacial score (nSPS) is 34.3. The van der Waals surface area contributed by atoms with Crippen LogP contribution in [0.15, 0.2) is 30.3 Å². The highest BCUT2D eigenvalue weighted by Gasteiger charge is 2.52. The topological polar surface area (TPSA) is 40.5 Å². The first-order valence-electron chi connectivity index (χ1n) is 8.97. The van der Waals surface area contributed by atoms with Gasteiger partial charge in [-0.2, -0.15) is 0 Å². The molecule has 0 aliphatic carbocycles. The lowest BCUT2D eigenvalue weighted by Crippen LogP contribution is -2.53. The fraction of sp³-hybridized carbons (Fsp3) is 0.650. The zero-order valence-electron chi connectivity index (χ0n) is 14.6. The van der Waals surface area contributed by atoms with E-state index in [1.54, 1.807) is 0 Å². The summed E-state index contributed by atoms with van der Waals surface area (Å²) in [4.78, 5) is 15.2. The van der Waals surface area contributed by atoms with E-state index >= 15 is 0 Å². The molecule has 0 aromatic heterocycles. The maximum Gasteiger partial charge on any atom is 0.226 e. The van der Waals surface area contributed by atoms with Crippen LogP contribution in [0.5, 0.6) is 0 Å². The Hall–Kier alpha value is -1.35. The number of nitrogens with zero attached hydrogens (tertiary/aromatic N) is 1. The van der Waals surface area contributed by atoms with Gasteiger partial charge in [0.15, 0.2) is 0 Å². The van der Waals surface area contributed by atoms with Crippen LogP contribution in [0.4, 0.5) is 0 Å². The van der Waals surface area contributed by atoms with Crippen LogP contribution in [0.3, 0.4) is 0 Å². The largest absolute Gasteiger partial charge is 0.391 e. The SMILES string of the molecule is CC(C)[C@H]1C[C@H](O)[C@@H]2C[C@@H](C(C)C)[C@H](c3ccccc3)N2C1=O. The summed E-state index contributed by atoms with van der Waals surface area (Å²) in [6.07, 6.45) is 1.13. The molecule has 126 valence electrons. The Morgan fingerprint density at radius 1 is 1.04 bits per heavy atom. The van der Waals surface area contributed by atoms with Crippen LogP contribution >= 0.6 is 0 Å². The molecule has 2 aliphatic heterocycles. The highest BCUT2D eigenvalue weighted by Crippen LogP contribution is 2.49. The summed E-state index contributed by atoms with van der Waals surface area (Å²) >= 11 is 0. The second kappa shape index (κ2) is 6.27. The lowest BCUT2D eigenvalue weighted by molar-refractivity contribution is -0.151. The molecule has 1 aromatic carbocycles. The number of hydrogen-bond acceptors (Lipinski definition) is 2. The zero-order valence-corrected chi connectivity index (χ0v) is 14.6. The number of aliphatic hydroxyl groups is 1. The molecular weight excluding hydrogens is 286 g/mol. The highest BCUT2D eigenvalue weighted by atomic mass is 16.3. The Kier molecular flexibility index (Phi) is 4.50. The van der Waals surface area contributed by atoms with Gasteiger partial charge in [0.1, 0.15) is 0 Å². The third kappa shape index (κ3) is 2.80. The van der Waals surface area contributed by atoms with Gasteiger partial charge in [0.25, 0.3) is 0 Å². The van der Waals surface area contributed by atoms with E-state index in [9.17, 15) is 9.90 Å². The molecule has 0 saturated carbocycles. The quantitative estimate of drug-likeness (QED) is 0.925. The second-order valence-electron chi connectivity index (χ2n) is 7.97. The molecule has 0 unspecified atom stereocenters. The summed E-state index contributed by atoms with van der Waals surface area (Å²) in [5, 5.41) is 10.7. The lowest BCUT2D eigenvalue weighted by Gasteiger charge is -2.42. The summed E-state index contributed by atoms with van der Waals surface area (Å²) in [5.41, 5.74) is 1.21. The first-order chi connectivity index (χ1) is 10.9. The van der Waals surface area contributed by atoms with Crippen molar-refractivity contribution in [1.29, 1.82) is 0 Å². The fourth-order valence-corrected chi connectivity index (χ4v) is 4.54. The first-order valence-corrected chi connectivity index (χ1v) is 8.97. The Bertz CT molecular complexity index is 554. The average molecular weight is 315 g/mol. The van der Waals surface area contributed by atoms with Crippen molar-refractivity contribution in [3.63, 3.8) is 0 Å². The number of carbonyl (C=O) groups is 1. The van der Waals surface area contributed by atoms with Crippen LogP contribution in [-0.2, 0) is 4.79 Å². The van der Waals surface area contributed by atoms with Gasteiger partial charge in [0.05, 0.1) is 18.2 Å². The van der Waals surface area contributed by atoms with E-state index in [0.29, 0.717) is 18.3 Å². The van der Waals surface area contributed by atoms with E-state index in [1.165, 1.54) is 5.56 Å². The van der Waals surface area contributed by atoms with E-state index < -0.39 is 6.10 Å². The number of piperidine rings is 1. The van der Waals surface area contributed by atoms with Crippen molar-refractivity contribution in [3.8, 4) is 0 Å². The molecule has 2 heterocycles.